The Morgan fingerprint density at radius 1 is 1.27 bits per heavy atom. The number of aliphatic hydroxyl groups excluding tert-OH is 1. The molecule has 0 aliphatic heterocycles. The molecule has 0 spiro atoms. The van der Waals surface area contributed by atoms with Crippen LogP contribution in [0.3, 0.4) is 0 Å². The van der Waals surface area contributed by atoms with Crippen molar-refractivity contribution in [1.82, 2.24) is 0 Å². The summed E-state index contributed by atoms with van der Waals surface area (Å²) in [5, 5.41) is 9.22. The molecule has 0 saturated heterocycles. The van der Waals surface area contributed by atoms with Crippen LogP contribution in [-0.2, 0) is 6.61 Å². The number of aliphatic hydroxyl groups is 1. The van der Waals surface area contributed by atoms with Crippen molar-refractivity contribution in [2.45, 2.75) is 26.9 Å². The van der Waals surface area contributed by atoms with E-state index in [2.05, 4.69) is 31.9 Å². The zero-order chi connectivity index (χ0) is 11.3. The highest BCUT2D eigenvalue weighted by molar-refractivity contribution is 5.52. The topological polar surface area (TPSA) is 23.5 Å². The van der Waals surface area contributed by atoms with Gasteiger partial charge in [0.15, 0.2) is 0 Å². The van der Waals surface area contributed by atoms with Crippen molar-refractivity contribution in [2.24, 2.45) is 5.92 Å². The predicted molar refractivity (Wildman–Crippen MR) is 65.1 cm³/mol. The largest absolute Gasteiger partial charge is 0.392 e. The first-order valence-corrected chi connectivity index (χ1v) is 5.55. The molecule has 0 unspecified atom stereocenters. The molecule has 0 aliphatic carbocycles. The van der Waals surface area contributed by atoms with Crippen LogP contribution in [0.15, 0.2) is 24.3 Å². The lowest BCUT2D eigenvalue weighted by Crippen LogP contribution is -2.21. The molecule has 15 heavy (non-hydrogen) atoms. The lowest BCUT2D eigenvalue weighted by atomic mass is 10.1. The second-order valence-electron chi connectivity index (χ2n) is 4.39. The quantitative estimate of drug-likeness (QED) is 0.802. The monoisotopic (exact) mass is 207 g/mol. The van der Waals surface area contributed by atoms with Crippen molar-refractivity contribution in [2.75, 3.05) is 18.5 Å². The summed E-state index contributed by atoms with van der Waals surface area (Å²) in [6.45, 7) is 5.61. The molecule has 1 aromatic carbocycles. The smallest absolute Gasteiger partial charge is 0.0702 e. The average molecular weight is 207 g/mol. The number of rotatable bonds is 5. The third kappa shape index (κ3) is 3.56. The third-order valence-corrected chi connectivity index (χ3v) is 2.62. The molecule has 1 N–H and O–H groups in total. The fourth-order valence-corrected chi connectivity index (χ4v) is 1.59. The van der Waals surface area contributed by atoms with Crippen LogP contribution in [0.2, 0.25) is 0 Å². The number of nitrogens with zero attached hydrogens (tertiary/aromatic N) is 1. The maximum Gasteiger partial charge on any atom is 0.0702 e. The summed E-state index contributed by atoms with van der Waals surface area (Å²) in [5.74, 6) is 0.716. The minimum atomic E-state index is 0.113. The first kappa shape index (κ1) is 12.1. The van der Waals surface area contributed by atoms with Crippen molar-refractivity contribution in [3.63, 3.8) is 0 Å². The van der Waals surface area contributed by atoms with Gasteiger partial charge in [0.05, 0.1) is 6.61 Å². The van der Waals surface area contributed by atoms with Gasteiger partial charge in [-0.2, -0.15) is 0 Å². The Labute approximate surface area is 92.5 Å². The molecule has 0 radical (unpaired) electrons. The SMILES string of the molecule is CC(C)CCN(C)c1ccccc1CO. The molecule has 0 aromatic heterocycles. The molecule has 0 aliphatic rings. The van der Waals surface area contributed by atoms with Crippen LogP contribution in [0.1, 0.15) is 25.8 Å². The van der Waals surface area contributed by atoms with Gasteiger partial charge in [-0.05, 0) is 18.4 Å². The Morgan fingerprint density at radius 2 is 1.93 bits per heavy atom. The minimum absolute atomic E-state index is 0.113. The van der Waals surface area contributed by atoms with Gasteiger partial charge in [-0.25, -0.2) is 0 Å². The molecule has 0 saturated carbocycles. The molecule has 0 fully saturated rings. The van der Waals surface area contributed by atoms with E-state index in [1.165, 1.54) is 6.42 Å². The van der Waals surface area contributed by atoms with E-state index in [0.29, 0.717) is 5.92 Å². The molecule has 2 nitrogen and oxygen atoms in total. The maximum atomic E-state index is 9.22. The van der Waals surface area contributed by atoms with Crippen molar-refractivity contribution in [3.05, 3.63) is 29.8 Å². The van der Waals surface area contributed by atoms with Gasteiger partial charge in [0.25, 0.3) is 0 Å². The molecular formula is C13H21NO. The van der Waals surface area contributed by atoms with Gasteiger partial charge >= 0.3 is 0 Å². The Bertz CT molecular complexity index is 296. The second-order valence-corrected chi connectivity index (χ2v) is 4.39. The minimum Gasteiger partial charge on any atom is -0.392 e. The molecule has 84 valence electrons. The highest BCUT2D eigenvalue weighted by Crippen LogP contribution is 2.19. The van der Waals surface area contributed by atoms with E-state index in [4.69, 9.17) is 0 Å². The van der Waals surface area contributed by atoms with Crippen LogP contribution in [0.5, 0.6) is 0 Å². The Morgan fingerprint density at radius 3 is 2.53 bits per heavy atom. The number of benzene rings is 1. The lowest BCUT2D eigenvalue weighted by Gasteiger charge is -2.22. The summed E-state index contributed by atoms with van der Waals surface area (Å²) in [5.41, 5.74) is 2.14. The van der Waals surface area contributed by atoms with Crippen molar-refractivity contribution >= 4 is 5.69 Å². The molecule has 0 bridgehead atoms. The molecule has 2 heteroatoms. The van der Waals surface area contributed by atoms with Crippen LogP contribution in [-0.4, -0.2) is 18.7 Å². The predicted octanol–water partition coefficient (Wildman–Crippen LogP) is 2.66. The van der Waals surface area contributed by atoms with Gasteiger partial charge in [-0.1, -0.05) is 32.0 Å². The maximum absolute atomic E-state index is 9.22. The summed E-state index contributed by atoms with van der Waals surface area (Å²) in [6.07, 6.45) is 1.18. The summed E-state index contributed by atoms with van der Waals surface area (Å²) in [6, 6.07) is 8.01. The van der Waals surface area contributed by atoms with E-state index in [-0.39, 0.29) is 6.61 Å². The summed E-state index contributed by atoms with van der Waals surface area (Å²) in [7, 11) is 2.08. The fourth-order valence-electron chi connectivity index (χ4n) is 1.59. The van der Waals surface area contributed by atoms with Gasteiger partial charge in [-0.3, -0.25) is 0 Å². The second kappa shape index (κ2) is 5.76. The number of hydrogen-bond acceptors (Lipinski definition) is 2. The van der Waals surface area contributed by atoms with Crippen LogP contribution < -0.4 is 4.90 Å². The zero-order valence-corrected chi connectivity index (χ0v) is 9.90. The first-order valence-electron chi connectivity index (χ1n) is 5.55. The van der Waals surface area contributed by atoms with Gasteiger partial charge < -0.3 is 10.0 Å². The fraction of sp³-hybridized carbons (Fsp3) is 0.538. The Hall–Kier alpha value is -1.02. The van der Waals surface area contributed by atoms with Crippen molar-refractivity contribution < 1.29 is 5.11 Å². The molecular weight excluding hydrogens is 186 g/mol. The van der Waals surface area contributed by atoms with Crippen LogP contribution >= 0.6 is 0 Å². The molecule has 0 amide bonds. The first-order chi connectivity index (χ1) is 7.15. The molecule has 0 heterocycles. The van der Waals surface area contributed by atoms with E-state index >= 15 is 0 Å². The van der Waals surface area contributed by atoms with E-state index in [1.54, 1.807) is 0 Å². The molecule has 1 rings (SSSR count). The number of hydrogen-bond donors (Lipinski definition) is 1. The molecule has 1 aromatic rings. The summed E-state index contributed by atoms with van der Waals surface area (Å²) in [4.78, 5) is 2.21. The number of anilines is 1. The van der Waals surface area contributed by atoms with E-state index in [0.717, 1.165) is 17.8 Å². The highest BCUT2D eigenvalue weighted by atomic mass is 16.3. The zero-order valence-electron chi connectivity index (χ0n) is 9.90. The van der Waals surface area contributed by atoms with Crippen LogP contribution in [0.4, 0.5) is 5.69 Å². The summed E-state index contributed by atoms with van der Waals surface area (Å²) < 4.78 is 0. The van der Waals surface area contributed by atoms with E-state index in [9.17, 15) is 5.11 Å². The van der Waals surface area contributed by atoms with Crippen molar-refractivity contribution in [1.29, 1.82) is 0 Å². The molecule has 0 atom stereocenters. The normalized spacial score (nSPS) is 10.7. The van der Waals surface area contributed by atoms with Crippen molar-refractivity contribution in [3.8, 4) is 0 Å². The van der Waals surface area contributed by atoms with Gasteiger partial charge in [-0.15, -0.1) is 0 Å². The van der Waals surface area contributed by atoms with Crippen LogP contribution in [0, 0.1) is 5.92 Å². The van der Waals surface area contributed by atoms with E-state index in [1.807, 2.05) is 18.2 Å². The number of para-hydroxylation sites is 1. The Balaban J connectivity index is 2.68. The van der Waals surface area contributed by atoms with Gasteiger partial charge in [0.2, 0.25) is 0 Å². The van der Waals surface area contributed by atoms with Crippen LogP contribution in [0.25, 0.3) is 0 Å². The standard InChI is InChI=1S/C13H21NO/c1-11(2)8-9-14(3)13-7-5-4-6-12(13)10-15/h4-7,11,15H,8-10H2,1-3H3. The van der Waals surface area contributed by atoms with Gasteiger partial charge in [0.1, 0.15) is 0 Å². The Kier molecular flexibility index (Phi) is 4.63. The highest BCUT2D eigenvalue weighted by Gasteiger charge is 2.06. The lowest BCUT2D eigenvalue weighted by molar-refractivity contribution is 0.282. The third-order valence-electron chi connectivity index (χ3n) is 2.62. The average Bonchev–Trinajstić information content (AvgIpc) is 2.25. The van der Waals surface area contributed by atoms with E-state index < -0.39 is 0 Å². The van der Waals surface area contributed by atoms with Gasteiger partial charge in [0, 0.05) is 24.8 Å². The summed E-state index contributed by atoms with van der Waals surface area (Å²) >= 11 is 0.